The van der Waals surface area contributed by atoms with Crippen molar-refractivity contribution in [1.29, 1.82) is 0 Å². The van der Waals surface area contributed by atoms with Gasteiger partial charge in [-0.15, -0.1) is 0 Å². The van der Waals surface area contributed by atoms with Gasteiger partial charge in [-0.3, -0.25) is 0 Å². The number of halogens is 1. The molecule has 1 aromatic heterocycles. The predicted octanol–water partition coefficient (Wildman–Crippen LogP) is 4.99. The van der Waals surface area contributed by atoms with Crippen molar-refractivity contribution in [2.24, 2.45) is 0 Å². The average Bonchev–Trinajstić information content (AvgIpc) is 2.51. The number of aromatic nitrogens is 3. The van der Waals surface area contributed by atoms with Gasteiger partial charge >= 0.3 is 6.01 Å². The van der Waals surface area contributed by atoms with E-state index < -0.39 is 0 Å². The van der Waals surface area contributed by atoms with Gasteiger partial charge in [-0.2, -0.15) is 15.0 Å². The van der Waals surface area contributed by atoms with E-state index in [1.54, 1.807) is 0 Å². The number of rotatable bonds is 4. The zero-order valence-electron chi connectivity index (χ0n) is 13.7. The topological polar surface area (TPSA) is 59.9 Å². The molecule has 0 fully saturated rings. The molecule has 0 unspecified atom stereocenters. The molecule has 0 amide bonds. The van der Waals surface area contributed by atoms with Gasteiger partial charge < -0.3 is 10.1 Å². The molecule has 6 heteroatoms. The van der Waals surface area contributed by atoms with Gasteiger partial charge in [0.25, 0.3) is 0 Å². The third-order valence-corrected chi connectivity index (χ3v) is 3.58. The monoisotopic (exact) mass is 340 g/mol. The number of nitrogens with zero attached hydrogens (tertiary/aromatic N) is 3. The first-order valence-electron chi connectivity index (χ1n) is 7.50. The van der Waals surface area contributed by atoms with Gasteiger partial charge in [-0.25, -0.2) is 0 Å². The van der Waals surface area contributed by atoms with E-state index in [1.807, 2.05) is 63.2 Å². The highest BCUT2D eigenvalue weighted by molar-refractivity contribution is 6.28. The molecule has 0 radical (unpaired) electrons. The molecule has 0 aliphatic heterocycles. The minimum atomic E-state index is 0.0702. The number of hydrogen-bond acceptors (Lipinski definition) is 5. The zero-order chi connectivity index (χ0) is 17.1. The molecule has 122 valence electrons. The quantitative estimate of drug-likeness (QED) is 0.725. The van der Waals surface area contributed by atoms with E-state index in [9.17, 15) is 0 Å². The van der Waals surface area contributed by atoms with E-state index in [0.717, 1.165) is 22.6 Å². The highest BCUT2D eigenvalue weighted by atomic mass is 35.5. The van der Waals surface area contributed by atoms with Crippen LogP contribution >= 0.6 is 11.6 Å². The summed E-state index contributed by atoms with van der Waals surface area (Å²) in [5, 5.41) is 3.15. The van der Waals surface area contributed by atoms with E-state index in [4.69, 9.17) is 16.3 Å². The summed E-state index contributed by atoms with van der Waals surface area (Å²) in [4.78, 5) is 12.4. The Morgan fingerprint density at radius 3 is 2.25 bits per heavy atom. The molecule has 1 heterocycles. The molecule has 1 N–H and O–H groups in total. The molecule has 0 bridgehead atoms. The molecule has 0 atom stereocenters. The molecular weight excluding hydrogens is 324 g/mol. The van der Waals surface area contributed by atoms with Crippen molar-refractivity contribution in [3.63, 3.8) is 0 Å². The van der Waals surface area contributed by atoms with Gasteiger partial charge in [0, 0.05) is 5.69 Å². The molecule has 5 nitrogen and oxygen atoms in total. The predicted molar refractivity (Wildman–Crippen MR) is 95.3 cm³/mol. The smallest absolute Gasteiger partial charge is 0.328 e. The van der Waals surface area contributed by atoms with Crippen LogP contribution in [0.15, 0.2) is 42.5 Å². The first-order valence-corrected chi connectivity index (χ1v) is 7.88. The van der Waals surface area contributed by atoms with Crippen LogP contribution in [0.3, 0.4) is 0 Å². The van der Waals surface area contributed by atoms with Gasteiger partial charge in [0.1, 0.15) is 5.75 Å². The van der Waals surface area contributed by atoms with Crippen LogP contribution in [-0.4, -0.2) is 15.0 Å². The molecule has 3 aromatic rings. The van der Waals surface area contributed by atoms with Gasteiger partial charge in [0.15, 0.2) is 0 Å². The molecule has 0 saturated heterocycles. The molecule has 24 heavy (non-hydrogen) atoms. The standard InChI is InChI=1S/C18H17ClN4O/c1-11-9-12(2)15(13(3)10-11)24-18-22-16(19)21-17(23-18)20-14-7-5-4-6-8-14/h4-10H,1-3H3,(H,20,21,22,23). The number of nitrogens with one attached hydrogen (secondary N) is 1. The number of hydrogen-bond donors (Lipinski definition) is 1. The molecule has 0 saturated carbocycles. The number of para-hydroxylation sites is 1. The lowest BCUT2D eigenvalue weighted by atomic mass is 10.1. The van der Waals surface area contributed by atoms with Crippen LogP contribution in [0.2, 0.25) is 5.28 Å². The average molecular weight is 341 g/mol. The van der Waals surface area contributed by atoms with Crippen molar-refractivity contribution in [3.05, 3.63) is 64.4 Å². The Labute approximate surface area is 145 Å². The number of anilines is 2. The molecule has 0 aliphatic carbocycles. The minimum Gasteiger partial charge on any atom is -0.424 e. The number of ether oxygens (including phenoxy) is 1. The fourth-order valence-electron chi connectivity index (χ4n) is 2.50. The summed E-state index contributed by atoms with van der Waals surface area (Å²) in [7, 11) is 0. The highest BCUT2D eigenvalue weighted by Gasteiger charge is 2.11. The highest BCUT2D eigenvalue weighted by Crippen LogP contribution is 2.29. The molecular formula is C18H17ClN4O. The fraction of sp³-hybridized carbons (Fsp3) is 0.167. The number of benzene rings is 2. The Morgan fingerprint density at radius 1 is 0.917 bits per heavy atom. The second-order valence-electron chi connectivity index (χ2n) is 5.53. The Bertz CT molecular complexity index is 845. The normalized spacial score (nSPS) is 10.5. The summed E-state index contributed by atoms with van der Waals surface area (Å²) in [6.45, 7) is 6.02. The van der Waals surface area contributed by atoms with Crippen molar-refractivity contribution >= 4 is 23.2 Å². The third kappa shape index (κ3) is 3.81. The Hall–Kier alpha value is -2.66. The van der Waals surface area contributed by atoms with E-state index >= 15 is 0 Å². The molecule has 3 rings (SSSR count). The fourth-order valence-corrected chi connectivity index (χ4v) is 2.66. The van der Waals surface area contributed by atoms with Crippen molar-refractivity contribution < 1.29 is 4.74 Å². The summed E-state index contributed by atoms with van der Waals surface area (Å²) < 4.78 is 5.87. The summed E-state index contributed by atoms with van der Waals surface area (Å²) in [6, 6.07) is 13.8. The Morgan fingerprint density at radius 2 is 1.58 bits per heavy atom. The lowest BCUT2D eigenvalue weighted by molar-refractivity contribution is 0.434. The van der Waals surface area contributed by atoms with Gasteiger partial charge in [-0.05, 0) is 55.6 Å². The van der Waals surface area contributed by atoms with Crippen LogP contribution in [0, 0.1) is 20.8 Å². The van der Waals surface area contributed by atoms with Crippen LogP contribution in [0.5, 0.6) is 11.8 Å². The summed E-state index contributed by atoms with van der Waals surface area (Å²) in [6.07, 6.45) is 0. The maximum Gasteiger partial charge on any atom is 0.328 e. The Kier molecular flexibility index (Phi) is 4.62. The molecule has 0 aliphatic rings. The second kappa shape index (κ2) is 6.84. The zero-order valence-corrected chi connectivity index (χ0v) is 14.4. The molecule has 2 aromatic carbocycles. The van der Waals surface area contributed by atoms with Gasteiger partial charge in [0.2, 0.25) is 11.2 Å². The van der Waals surface area contributed by atoms with Crippen LogP contribution < -0.4 is 10.1 Å². The third-order valence-electron chi connectivity index (χ3n) is 3.42. The second-order valence-corrected chi connectivity index (χ2v) is 5.87. The van der Waals surface area contributed by atoms with Crippen LogP contribution in [-0.2, 0) is 0 Å². The van der Waals surface area contributed by atoms with Crippen molar-refractivity contribution in [2.75, 3.05) is 5.32 Å². The van der Waals surface area contributed by atoms with Crippen LogP contribution in [0.25, 0.3) is 0 Å². The van der Waals surface area contributed by atoms with Crippen LogP contribution in [0.4, 0.5) is 11.6 Å². The van der Waals surface area contributed by atoms with Crippen molar-refractivity contribution in [3.8, 4) is 11.8 Å². The molecule has 0 spiro atoms. The van der Waals surface area contributed by atoms with Crippen LogP contribution in [0.1, 0.15) is 16.7 Å². The Balaban J connectivity index is 1.89. The number of aryl methyl sites for hydroxylation is 3. The lowest BCUT2D eigenvalue weighted by Gasteiger charge is -2.12. The van der Waals surface area contributed by atoms with Gasteiger partial charge in [-0.1, -0.05) is 35.9 Å². The van der Waals surface area contributed by atoms with Gasteiger partial charge in [0.05, 0.1) is 0 Å². The maximum atomic E-state index is 6.01. The van der Waals surface area contributed by atoms with E-state index in [2.05, 4.69) is 20.3 Å². The summed E-state index contributed by atoms with van der Waals surface area (Å²) in [5.74, 6) is 1.06. The first kappa shape index (κ1) is 16.2. The SMILES string of the molecule is Cc1cc(C)c(Oc2nc(Cl)nc(Nc3ccccc3)n2)c(C)c1. The summed E-state index contributed by atoms with van der Waals surface area (Å²) >= 11 is 6.01. The largest absolute Gasteiger partial charge is 0.424 e. The summed E-state index contributed by atoms with van der Waals surface area (Å²) in [5.41, 5.74) is 4.06. The maximum absolute atomic E-state index is 6.01. The minimum absolute atomic E-state index is 0.0702. The van der Waals surface area contributed by atoms with E-state index in [-0.39, 0.29) is 11.3 Å². The van der Waals surface area contributed by atoms with E-state index in [1.165, 1.54) is 5.56 Å². The van der Waals surface area contributed by atoms with E-state index in [0.29, 0.717) is 5.95 Å². The van der Waals surface area contributed by atoms with Crippen molar-refractivity contribution in [1.82, 2.24) is 15.0 Å². The first-order chi connectivity index (χ1) is 11.5. The van der Waals surface area contributed by atoms with Crippen molar-refractivity contribution in [2.45, 2.75) is 20.8 Å². The lowest BCUT2D eigenvalue weighted by Crippen LogP contribution is -2.02.